The SMILES string of the molecule is O=C(O)c1ccc2ncn(C[C@H]3CCS3(=O)=O)c2c1. The number of hydrogen-bond donors (Lipinski definition) is 1. The van der Waals surface area contributed by atoms with E-state index in [4.69, 9.17) is 5.11 Å². The van der Waals surface area contributed by atoms with Crippen molar-refractivity contribution in [2.24, 2.45) is 0 Å². The van der Waals surface area contributed by atoms with Crippen molar-refractivity contribution in [3.8, 4) is 0 Å². The number of aromatic nitrogens is 2. The lowest BCUT2D eigenvalue weighted by Gasteiger charge is -2.26. The summed E-state index contributed by atoms with van der Waals surface area (Å²) in [5.74, 6) is -0.768. The Morgan fingerprint density at radius 2 is 2.26 bits per heavy atom. The third kappa shape index (κ3) is 1.99. The van der Waals surface area contributed by atoms with Crippen LogP contribution in [0.15, 0.2) is 24.5 Å². The second-order valence-corrected chi connectivity index (χ2v) is 7.08. The predicted molar refractivity (Wildman–Crippen MR) is 68.9 cm³/mol. The van der Waals surface area contributed by atoms with Crippen molar-refractivity contribution in [1.29, 1.82) is 0 Å². The van der Waals surface area contributed by atoms with E-state index in [0.717, 1.165) is 0 Å². The van der Waals surface area contributed by atoms with Crippen LogP contribution in [0.3, 0.4) is 0 Å². The zero-order valence-corrected chi connectivity index (χ0v) is 10.8. The number of aromatic carboxylic acids is 1. The summed E-state index contributed by atoms with van der Waals surface area (Å²) in [5.41, 5.74) is 1.49. The molecule has 0 unspecified atom stereocenters. The minimum absolute atomic E-state index is 0.172. The Kier molecular flexibility index (Phi) is 2.60. The van der Waals surface area contributed by atoms with E-state index in [9.17, 15) is 13.2 Å². The molecule has 1 fully saturated rings. The Hall–Kier alpha value is -1.89. The molecule has 1 aromatic heterocycles. The van der Waals surface area contributed by atoms with Crippen molar-refractivity contribution in [3.63, 3.8) is 0 Å². The third-order valence-electron chi connectivity index (χ3n) is 3.50. The Morgan fingerprint density at radius 3 is 2.84 bits per heavy atom. The molecule has 6 nitrogen and oxygen atoms in total. The van der Waals surface area contributed by atoms with Crippen LogP contribution in [-0.2, 0) is 16.4 Å². The monoisotopic (exact) mass is 280 g/mol. The smallest absolute Gasteiger partial charge is 0.335 e. The molecule has 0 amide bonds. The van der Waals surface area contributed by atoms with Gasteiger partial charge in [0.15, 0.2) is 9.84 Å². The minimum atomic E-state index is -2.96. The van der Waals surface area contributed by atoms with E-state index in [1.54, 1.807) is 17.0 Å². The summed E-state index contributed by atoms with van der Waals surface area (Å²) in [4.78, 5) is 15.1. The molecule has 3 rings (SSSR count). The fourth-order valence-corrected chi connectivity index (χ4v) is 3.58. The molecular formula is C12H12N2O4S. The highest BCUT2D eigenvalue weighted by Gasteiger charge is 2.35. The van der Waals surface area contributed by atoms with Crippen LogP contribution in [0.4, 0.5) is 0 Å². The van der Waals surface area contributed by atoms with Crippen LogP contribution in [-0.4, -0.2) is 40.0 Å². The minimum Gasteiger partial charge on any atom is -0.478 e. The molecule has 1 saturated heterocycles. The molecule has 0 bridgehead atoms. The van der Waals surface area contributed by atoms with E-state index in [-0.39, 0.29) is 16.6 Å². The first kappa shape index (κ1) is 12.2. The summed E-state index contributed by atoms with van der Waals surface area (Å²) in [6.45, 7) is 0.335. The van der Waals surface area contributed by atoms with Gasteiger partial charge in [0.05, 0.1) is 33.9 Å². The number of sulfone groups is 1. The Balaban J connectivity index is 1.99. The molecule has 1 N–H and O–H groups in total. The molecule has 0 radical (unpaired) electrons. The standard InChI is InChI=1S/C12H12N2O4S/c15-12(16)8-1-2-10-11(5-8)14(7-13-10)6-9-3-4-19(9,17)18/h1-2,5,7,9H,3-4,6H2,(H,15,16)/t9-/m1/s1. The van der Waals surface area contributed by atoms with Crippen molar-refractivity contribution >= 4 is 26.8 Å². The van der Waals surface area contributed by atoms with Crippen LogP contribution >= 0.6 is 0 Å². The number of carboxylic acid groups (broad SMARTS) is 1. The number of benzene rings is 1. The van der Waals surface area contributed by atoms with Crippen molar-refractivity contribution in [2.45, 2.75) is 18.2 Å². The lowest BCUT2D eigenvalue weighted by Crippen LogP contribution is -2.39. The molecule has 1 aliphatic heterocycles. The van der Waals surface area contributed by atoms with Crippen LogP contribution in [0.5, 0.6) is 0 Å². The van der Waals surface area contributed by atoms with Gasteiger partial charge in [-0.05, 0) is 24.6 Å². The number of fused-ring (bicyclic) bond motifs is 1. The predicted octanol–water partition coefficient (Wildman–Crippen LogP) is 0.922. The highest BCUT2D eigenvalue weighted by molar-refractivity contribution is 7.93. The zero-order chi connectivity index (χ0) is 13.6. The first-order valence-electron chi connectivity index (χ1n) is 5.87. The average Bonchev–Trinajstić information content (AvgIpc) is 2.77. The van der Waals surface area contributed by atoms with Gasteiger partial charge in [0.1, 0.15) is 0 Å². The number of imidazole rings is 1. The van der Waals surface area contributed by atoms with Gasteiger partial charge in [-0.2, -0.15) is 0 Å². The maximum atomic E-state index is 11.5. The van der Waals surface area contributed by atoms with Gasteiger partial charge < -0.3 is 9.67 Å². The Bertz CT molecular complexity index is 763. The highest BCUT2D eigenvalue weighted by atomic mass is 32.2. The van der Waals surface area contributed by atoms with Gasteiger partial charge >= 0.3 is 5.97 Å². The summed E-state index contributed by atoms with van der Waals surface area (Å²) < 4.78 is 24.8. The maximum Gasteiger partial charge on any atom is 0.335 e. The molecular weight excluding hydrogens is 268 g/mol. The van der Waals surface area contributed by atoms with E-state index < -0.39 is 15.8 Å². The van der Waals surface area contributed by atoms with E-state index in [2.05, 4.69) is 4.98 Å². The van der Waals surface area contributed by atoms with Crippen LogP contribution in [0.25, 0.3) is 11.0 Å². The number of rotatable bonds is 3. The summed E-state index contributed by atoms with van der Waals surface area (Å²) >= 11 is 0. The molecule has 19 heavy (non-hydrogen) atoms. The molecule has 1 aliphatic rings. The average molecular weight is 280 g/mol. The maximum absolute atomic E-state index is 11.5. The van der Waals surface area contributed by atoms with Gasteiger partial charge in [-0.15, -0.1) is 0 Å². The lowest BCUT2D eigenvalue weighted by molar-refractivity contribution is 0.0697. The molecule has 2 heterocycles. The molecule has 7 heteroatoms. The third-order valence-corrected chi connectivity index (χ3v) is 5.71. The first-order valence-corrected chi connectivity index (χ1v) is 7.59. The summed E-state index contributed by atoms with van der Waals surface area (Å²) in [5, 5.41) is 8.59. The van der Waals surface area contributed by atoms with Gasteiger partial charge in [-0.25, -0.2) is 18.2 Å². The second-order valence-electron chi connectivity index (χ2n) is 4.68. The van der Waals surface area contributed by atoms with Crippen LogP contribution < -0.4 is 0 Å². The fourth-order valence-electron chi connectivity index (χ4n) is 2.24. The van der Waals surface area contributed by atoms with Gasteiger partial charge in [0, 0.05) is 6.54 Å². The van der Waals surface area contributed by atoms with Gasteiger partial charge in [-0.1, -0.05) is 0 Å². The van der Waals surface area contributed by atoms with Gasteiger partial charge in [0.2, 0.25) is 0 Å². The molecule has 1 atom stereocenters. The van der Waals surface area contributed by atoms with Crippen molar-refractivity contribution in [2.75, 3.05) is 5.75 Å². The Morgan fingerprint density at radius 1 is 1.47 bits per heavy atom. The number of hydrogen-bond acceptors (Lipinski definition) is 4. The summed E-state index contributed by atoms with van der Waals surface area (Å²) in [6.07, 6.45) is 2.21. The number of carbonyl (C=O) groups is 1. The zero-order valence-electron chi connectivity index (χ0n) is 9.98. The largest absolute Gasteiger partial charge is 0.478 e. The topological polar surface area (TPSA) is 89.3 Å². The highest BCUT2D eigenvalue weighted by Crippen LogP contribution is 2.24. The number of nitrogens with zero attached hydrogens (tertiary/aromatic N) is 2. The van der Waals surface area contributed by atoms with Crippen LogP contribution in [0.2, 0.25) is 0 Å². The van der Waals surface area contributed by atoms with E-state index in [1.165, 1.54) is 12.1 Å². The molecule has 0 spiro atoms. The van der Waals surface area contributed by atoms with Crippen LogP contribution in [0, 0.1) is 0 Å². The summed E-state index contributed by atoms with van der Waals surface area (Å²) in [7, 11) is -2.96. The molecule has 100 valence electrons. The Labute approximate surface area is 109 Å². The van der Waals surface area contributed by atoms with E-state index >= 15 is 0 Å². The van der Waals surface area contributed by atoms with Gasteiger partial charge in [0.25, 0.3) is 0 Å². The number of carboxylic acids is 1. The molecule has 0 aliphatic carbocycles. The van der Waals surface area contributed by atoms with Crippen molar-refractivity contribution < 1.29 is 18.3 Å². The fraction of sp³-hybridized carbons (Fsp3) is 0.333. The second kappa shape index (κ2) is 4.06. The molecule has 2 aromatic rings. The van der Waals surface area contributed by atoms with E-state index in [1.807, 2.05) is 0 Å². The van der Waals surface area contributed by atoms with Crippen molar-refractivity contribution in [1.82, 2.24) is 9.55 Å². The van der Waals surface area contributed by atoms with E-state index in [0.29, 0.717) is 24.0 Å². The molecule has 1 aromatic carbocycles. The lowest BCUT2D eigenvalue weighted by atomic mass is 10.2. The normalized spacial score (nSPS) is 21.2. The van der Waals surface area contributed by atoms with Gasteiger partial charge in [-0.3, -0.25) is 0 Å². The summed E-state index contributed by atoms with van der Waals surface area (Å²) in [6, 6.07) is 4.64. The molecule has 0 saturated carbocycles. The van der Waals surface area contributed by atoms with Crippen LogP contribution in [0.1, 0.15) is 16.8 Å². The van der Waals surface area contributed by atoms with Crippen molar-refractivity contribution in [3.05, 3.63) is 30.1 Å². The first-order chi connectivity index (χ1) is 8.97. The quantitative estimate of drug-likeness (QED) is 0.903.